The Morgan fingerprint density at radius 1 is 0.318 bits per heavy atom. The summed E-state index contributed by atoms with van der Waals surface area (Å²) in [7, 11) is 0. The molecule has 2 aromatic heterocycles. The Morgan fingerprint density at radius 2 is 0.818 bits per heavy atom. The second kappa shape index (κ2) is 13.5. The molecular weight excluding hydrogens is 805 g/mol. The average molecular weight is 843 g/mol. The zero-order chi connectivity index (χ0) is 43.7. The predicted octanol–water partition coefficient (Wildman–Crippen LogP) is 13.0. The molecule has 0 saturated heterocycles. The maximum atomic E-state index is 14.8. The Hall–Kier alpha value is -8.60. The lowest BCUT2D eigenvalue weighted by molar-refractivity contribution is 0.759. The second-order valence-electron chi connectivity index (χ2n) is 17.8. The van der Waals surface area contributed by atoms with Crippen molar-refractivity contribution in [1.82, 2.24) is 9.03 Å². The molecular formula is C62H38N2O2. The minimum atomic E-state index is -0.725. The standard InChI is InChI=1S/C62H38N2O2/c65-59-49-35-32-39-18-13-14-27-46(39)58(49)63-56-31-17-29-45(57(56)60(66)64(59)63)40-33-34-48-51-38-54-50(37-55(51)62(53(48)36-40,43-23-9-3-10-24-43)44-25-11-4-12-26-44)47-28-15-16-30-52(47)61(54,41-19-5-1-6-20-41)42-21-7-2-8-22-42/h1-38H. The van der Waals surface area contributed by atoms with Gasteiger partial charge >= 0.3 is 0 Å². The third kappa shape index (κ3) is 4.57. The minimum Gasteiger partial charge on any atom is -0.267 e. The number of nitrogens with zero attached hydrogens (tertiary/aromatic N) is 2. The van der Waals surface area contributed by atoms with Crippen molar-refractivity contribution >= 4 is 32.6 Å². The van der Waals surface area contributed by atoms with Crippen molar-refractivity contribution in [1.29, 1.82) is 0 Å². The number of aromatic nitrogens is 2. The second-order valence-corrected chi connectivity index (χ2v) is 17.8. The van der Waals surface area contributed by atoms with Crippen LogP contribution in [0.15, 0.2) is 240 Å². The lowest BCUT2D eigenvalue weighted by Crippen LogP contribution is -2.30. The molecule has 0 spiro atoms. The highest BCUT2D eigenvalue weighted by Crippen LogP contribution is 2.63. The molecule has 0 aliphatic heterocycles. The van der Waals surface area contributed by atoms with E-state index >= 15 is 0 Å². The maximum absolute atomic E-state index is 14.8. The number of benzene rings is 10. The molecule has 66 heavy (non-hydrogen) atoms. The summed E-state index contributed by atoms with van der Waals surface area (Å²) >= 11 is 0. The summed E-state index contributed by atoms with van der Waals surface area (Å²) in [5.41, 5.74) is 15.7. The van der Waals surface area contributed by atoms with Crippen molar-refractivity contribution in [3.05, 3.63) is 296 Å². The van der Waals surface area contributed by atoms with Gasteiger partial charge in [0.15, 0.2) is 0 Å². The zero-order valence-corrected chi connectivity index (χ0v) is 35.7. The van der Waals surface area contributed by atoms with Crippen molar-refractivity contribution in [2.45, 2.75) is 10.8 Å². The van der Waals surface area contributed by atoms with Crippen molar-refractivity contribution in [2.75, 3.05) is 0 Å². The van der Waals surface area contributed by atoms with E-state index in [0.717, 1.165) is 49.7 Å². The molecule has 0 atom stereocenters. The van der Waals surface area contributed by atoms with Crippen LogP contribution in [-0.2, 0) is 10.8 Å². The summed E-state index contributed by atoms with van der Waals surface area (Å²) in [5.74, 6) is 0. The summed E-state index contributed by atoms with van der Waals surface area (Å²) in [6, 6.07) is 82.3. The lowest BCUT2D eigenvalue weighted by atomic mass is 9.66. The fourth-order valence-electron chi connectivity index (χ4n) is 12.2. The maximum Gasteiger partial charge on any atom is 0.283 e. The molecule has 2 aliphatic rings. The van der Waals surface area contributed by atoms with E-state index in [1.807, 2.05) is 59.1 Å². The summed E-state index contributed by atoms with van der Waals surface area (Å²) in [6.07, 6.45) is 0. The molecule has 12 aromatic rings. The molecule has 2 heterocycles. The molecule has 0 fully saturated rings. The van der Waals surface area contributed by atoms with Gasteiger partial charge in [-0.1, -0.05) is 200 Å². The van der Waals surface area contributed by atoms with Gasteiger partial charge in [-0.25, -0.2) is 4.52 Å². The van der Waals surface area contributed by atoms with Crippen LogP contribution >= 0.6 is 0 Å². The van der Waals surface area contributed by atoms with Gasteiger partial charge in [0.2, 0.25) is 0 Å². The monoisotopic (exact) mass is 842 g/mol. The molecule has 308 valence electrons. The van der Waals surface area contributed by atoms with Gasteiger partial charge in [0.1, 0.15) is 0 Å². The number of rotatable bonds is 5. The van der Waals surface area contributed by atoms with Gasteiger partial charge in [-0.15, -0.1) is 0 Å². The number of hydrogen-bond donors (Lipinski definition) is 0. The third-order valence-electron chi connectivity index (χ3n) is 14.9. The van der Waals surface area contributed by atoms with E-state index in [0.29, 0.717) is 16.3 Å². The Bertz CT molecular complexity index is 4000. The fraction of sp³-hybridized carbons (Fsp3) is 0.0323. The van der Waals surface area contributed by atoms with Crippen LogP contribution in [0.5, 0.6) is 0 Å². The Labute approximate surface area is 379 Å². The minimum absolute atomic E-state index is 0.309. The third-order valence-corrected chi connectivity index (χ3v) is 14.9. The number of fused-ring (bicyclic) bond motifs is 13. The smallest absolute Gasteiger partial charge is 0.267 e. The van der Waals surface area contributed by atoms with Crippen LogP contribution in [0.2, 0.25) is 0 Å². The molecule has 0 saturated carbocycles. The molecule has 4 heteroatoms. The normalized spacial score (nSPS) is 14.1. The van der Waals surface area contributed by atoms with Gasteiger partial charge in [-0.05, 0) is 114 Å². The van der Waals surface area contributed by atoms with Crippen molar-refractivity contribution in [3.63, 3.8) is 0 Å². The molecule has 4 nitrogen and oxygen atoms in total. The Balaban J connectivity index is 1.09. The molecule has 0 N–H and O–H groups in total. The van der Waals surface area contributed by atoms with Crippen LogP contribution in [0.3, 0.4) is 0 Å². The highest BCUT2D eigenvalue weighted by Gasteiger charge is 2.51. The summed E-state index contributed by atoms with van der Waals surface area (Å²) in [4.78, 5) is 29.0. The first-order valence-electron chi connectivity index (χ1n) is 22.6. The van der Waals surface area contributed by atoms with Gasteiger partial charge in [0.25, 0.3) is 11.1 Å². The van der Waals surface area contributed by atoms with E-state index in [9.17, 15) is 9.59 Å². The molecule has 0 bridgehead atoms. The van der Waals surface area contributed by atoms with Crippen LogP contribution < -0.4 is 11.1 Å². The number of hydrogen-bond acceptors (Lipinski definition) is 2. The summed E-state index contributed by atoms with van der Waals surface area (Å²) in [5, 5.41) is 3.00. The lowest BCUT2D eigenvalue weighted by Gasteiger charge is -2.35. The van der Waals surface area contributed by atoms with E-state index in [4.69, 9.17) is 0 Å². The zero-order valence-electron chi connectivity index (χ0n) is 35.7. The Kier molecular flexibility index (Phi) is 7.51. The first-order valence-corrected chi connectivity index (χ1v) is 22.6. The van der Waals surface area contributed by atoms with E-state index < -0.39 is 10.8 Å². The molecule has 0 amide bonds. The first-order chi connectivity index (χ1) is 32.6. The van der Waals surface area contributed by atoms with Crippen LogP contribution in [-0.4, -0.2) is 9.03 Å². The van der Waals surface area contributed by atoms with Gasteiger partial charge in [0, 0.05) is 5.39 Å². The fourth-order valence-corrected chi connectivity index (χ4v) is 12.2. The van der Waals surface area contributed by atoms with Crippen molar-refractivity contribution < 1.29 is 0 Å². The quantitative estimate of drug-likeness (QED) is 0.173. The van der Waals surface area contributed by atoms with Crippen molar-refractivity contribution in [2.24, 2.45) is 0 Å². The molecule has 10 aromatic carbocycles. The first kappa shape index (κ1) is 36.8. The molecule has 2 aliphatic carbocycles. The van der Waals surface area contributed by atoms with Crippen molar-refractivity contribution in [3.8, 4) is 33.4 Å². The summed E-state index contributed by atoms with van der Waals surface area (Å²) < 4.78 is 3.17. The van der Waals surface area contributed by atoms with E-state index in [-0.39, 0.29) is 11.1 Å². The van der Waals surface area contributed by atoms with Gasteiger partial charge in [0.05, 0.1) is 32.6 Å². The molecule has 0 unspecified atom stereocenters. The van der Waals surface area contributed by atoms with Gasteiger partial charge in [-0.3, -0.25) is 9.59 Å². The SMILES string of the molecule is O=c1c2ccc3ccccc3c2n2c3cccc(-c4ccc5c(c4)C(c4ccccc4)(c4ccccc4)c4cc6c(cc4-5)C(c4ccccc4)(c4ccccc4)c4ccccc4-6)c3c(=O)n12. The average Bonchev–Trinajstić information content (AvgIpc) is 4.06. The summed E-state index contributed by atoms with van der Waals surface area (Å²) in [6.45, 7) is 0. The molecule has 0 radical (unpaired) electrons. The van der Waals surface area contributed by atoms with Crippen LogP contribution in [0.25, 0.3) is 66.0 Å². The van der Waals surface area contributed by atoms with Crippen LogP contribution in [0.1, 0.15) is 44.5 Å². The van der Waals surface area contributed by atoms with Gasteiger partial charge < -0.3 is 0 Å². The van der Waals surface area contributed by atoms with Crippen LogP contribution in [0, 0.1) is 0 Å². The van der Waals surface area contributed by atoms with E-state index in [1.54, 1.807) is 0 Å². The van der Waals surface area contributed by atoms with Crippen LogP contribution in [0.4, 0.5) is 0 Å². The predicted molar refractivity (Wildman–Crippen MR) is 267 cm³/mol. The highest BCUT2D eigenvalue weighted by atomic mass is 16.2. The van der Waals surface area contributed by atoms with E-state index in [1.165, 1.54) is 49.0 Å². The topological polar surface area (TPSA) is 43.0 Å². The van der Waals surface area contributed by atoms with E-state index in [2.05, 4.69) is 176 Å². The Morgan fingerprint density at radius 3 is 1.44 bits per heavy atom. The largest absolute Gasteiger partial charge is 0.283 e. The van der Waals surface area contributed by atoms with Gasteiger partial charge in [-0.2, -0.15) is 4.52 Å². The highest BCUT2D eigenvalue weighted by molar-refractivity contribution is 6.08. The molecule has 14 rings (SSSR count).